The van der Waals surface area contributed by atoms with E-state index in [-0.39, 0.29) is 19.2 Å². The predicted molar refractivity (Wildman–Crippen MR) is 156 cm³/mol. The number of amides is 1. The number of hydrogen-bond donors (Lipinski definition) is 1. The number of benzene rings is 2. The smallest absolute Gasteiger partial charge is 0.332 e. The Morgan fingerprint density at radius 3 is 2.29 bits per heavy atom. The highest BCUT2D eigenvalue weighted by molar-refractivity contribution is 5.86. The molecule has 1 heterocycles. The van der Waals surface area contributed by atoms with Gasteiger partial charge in [0.25, 0.3) is 5.91 Å². The van der Waals surface area contributed by atoms with Crippen LogP contribution >= 0.6 is 0 Å². The highest BCUT2D eigenvalue weighted by Crippen LogP contribution is 2.41. The molecule has 9 heteroatoms. The molecular formula is C32H41N3O6. The summed E-state index contributed by atoms with van der Waals surface area (Å²) in [5, 5.41) is 4.87. The van der Waals surface area contributed by atoms with Crippen LogP contribution in [0.3, 0.4) is 0 Å². The molecule has 1 fully saturated rings. The van der Waals surface area contributed by atoms with Gasteiger partial charge in [0.05, 0.1) is 25.0 Å². The molecule has 2 N–H and O–H groups in total. The van der Waals surface area contributed by atoms with Crippen LogP contribution < -0.4 is 15.2 Å². The van der Waals surface area contributed by atoms with Crippen molar-refractivity contribution in [1.82, 2.24) is 9.78 Å². The van der Waals surface area contributed by atoms with Gasteiger partial charge in [-0.2, -0.15) is 0 Å². The SMILES string of the molecule is COc1cccc(-c2c(OCC(N)=O)nn(C[C@H]3CC[C@H](COCC(=O)OC(C)(C)C)CC3)c2-c2ccccc2)c1. The molecule has 9 nitrogen and oxygen atoms in total. The second-order valence-corrected chi connectivity index (χ2v) is 11.6. The van der Waals surface area contributed by atoms with E-state index in [0.717, 1.165) is 48.1 Å². The molecule has 1 aromatic heterocycles. The Morgan fingerprint density at radius 2 is 1.63 bits per heavy atom. The topological polar surface area (TPSA) is 115 Å². The van der Waals surface area contributed by atoms with Gasteiger partial charge >= 0.3 is 5.97 Å². The molecule has 0 aliphatic heterocycles. The predicted octanol–water partition coefficient (Wildman–Crippen LogP) is 5.25. The van der Waals surface area contributed by atoms with Crippen LogP contribution in [0.2, 0.25) is 0 Å². The van der Waals surface area contributed by atoms with Crippen molar-refractivity contribution in [3.8, 4) is 34.0 Å². The minimum absolute atomic E-state index is 0.0218. The summed E-state index contributed by atoms with van der Waals surface area (Å²) in [6, 6.07) is 17.8. The van der Waals surface area contributed by atoms with Gasteiger partial charge in [-0.15, -0.1) is 5.10 Å². The maximum Gasteiger partial charge on any atom is 0.332 e. The van der Waals surface area contributed by atoms with Crippen molar-refractivity contribution in [1.29, 1.82) is 0 Å². The summed E-state index contributed by atoms with van der Waals surface area (Å²) in [6.45, 7) is 6.51. The minimum Gasteiger partial charge on any atom is -0.497 e. The number of nitrogens with zero attached hydrogens (tertiary/aromatic N) is 2. The van der Waals surface area contributed by atoms with Gasteiger partial charge in [0.2, 0.25) is 5.88 Å². The Balaban J connectivity index is 1.52. The summed E-state index contributed by atoms with van der Waals surface area (Å²) in [6.07, 6.45) is 4.05. The molecule has 220 valence electrons. The molecule has 0 saturated heterocycles. The number of hydrogen-bond acceptors (Lipinski definition) is 7. The average Bonchev–Trinajstić information content (AvgIpc) is 3.30. The molecule has 1 aliphatic rings. The second kappa shape index (κ2) is 13.7. The Morgan fingerprint density at radius 1 is 0.951 bits per heavy atom. The van der Waals surface area contributed by atoms with Crippen LogP contribution in [0.1, 0.15) is 46.5 Å². The summed E-state index contributed by atoms with van der Waals surface area (Å²) in [5.74, 6) is 0.981. The largest absolute Gasteiger partial charge is 0.497 e. The average molecular weight is 564 g/mol. The molecule has 3 aromatic rings. The monoisotopic (exact) mass is 563 g/mol. The van der Waals surface area contributed by atoms with Gasteiger partial charge in [-0.25, -0.2) is 4.79 Å². The van der Waals surface area contributed by atoms with E-state index in [4.69, 9.17) is 29.8 Å². The van der Waals surface area contributed by atoms with Crippen LogP contribution in [-0.2, 0) is 25.6 Å². The van der Waals surface area contributed by atoms with Gasteiger partial charge < -0.3 is 24.7 Å². The number of esters is 1. The van der Waals surface area contributed by atoms with E-state index in [0.29, 0.717) is 36.6 Å². The lowest BCUT2D eigenvalue weighted by molar-refractivity contribution is -0.160. The first kappa shape index (κ1) is 30.1. The summed E-state index contributed by atoms with van der Waals surface area (Å²) in [7, 11) is 1.63. The van der Waals surface area contributed by atoms with Crippen LogP contribution in [-0.4, -0.2) is 54.2 Å². The fraction of sp³-hybridized carbons (Fsp3) is 0.469. The van der Waals surface area contributed by atoms with Gasteiger partial charge in [-0.3, -0.25) is 9.48 Å². The molecule has 2 aromatic carbocycles. The Bertz CT molecular complexity index is 1310. The number of primary amides is 1. The third-order valence-electron chi connectivity index (χ3n) is 7.07. The Kier molecular flexibility index (Phi) is 10.0. The molecule has 0 radical (unpaired) electrons. The zero-order valence-electron chi connectivity index (χ0n) is 24.4. The van der Waals surface area contributed by atoms with Crippen molar-refractivity contribution < 1.29 is 28.5 Å². The van der Waals surface area contributed by atoms with Gasteiger partial charge in [0.15, 0.2) is 6.61 Å². The lowest BCUT2D eigenvalue weighted by atomic mass is 9.82. The van der Waals surface area contributed by atoms with Crippen molar-refractivity contribution in [2.75, 3.05) is 26.9 Å². The van der Waals surface area contributed by atoms with Crippen molar-refractivity contribution in [3.05, 3.63) is 54.6 Å². The molecule has 0 atom stereocenters. The van der Waals surface area contributed by atoms with Crippen molar-refractivity contribution in [3.63, 3.8) is 0 Å². The Hall–Kier alpha value is -3.85. The maximum absolute atomic E-state index is 12.0. The molecule has 1 amide bonds. The van der Waals surface area contributed by atoms with Gasteiger partial charge in [0, 0.05) is 12.1 Å². The van der Waals surface area contributed by atoms with Crippen LogP contribution in [0.25, 0.3) is 22.4 Å². The fourth-order valence-corrected chi connectivity index (χ4v) is 5.25. The van der Waals surface area contributed by atoms with E-state index in [2.05, 4.69) is 0 Å². The summed E-state index contributed by atoms with van der Waals surface area (Å²) < 4.78 is 24.4. The first-order valence-electron chi connectivity index (χ1n) is 14.1. The summed E-state index contributed by atoms with van der Waals surface area (Å²) >= 11 is 0. The van der Waals surface area contributed by atoms with Crippen molar-refractivity contribution in [2.45, 2.75) is 58.6 Å². The standard InChI is InChI=1S/C32H41N3O6/c1-32(2,3)41-28(37)21-39-19-23-15-13-22(14-16-23)18-35-30(24-9-6-5-7-10-24)29(31(34-35)40-20-27(33)36)25-11-8-12-26(17-25)38-4/h5-12,17,22-23H,13-16,18-21H2,1-4H3,(H2,33,36)/t22-,23-. The molecule has 0 bridgehead atoms. The quantitative estimate of drug-likeness (QED) is 0.299. The molecule has 0 spiro atoms. The molecule has 4 rings (SSSR count). The first-order chi connectivity index (χ1) is 19.6. The first-order valence-corrected chi connectivity index (χ1v) is 14.1. The number of nitrogens with two attached hydrogens (primary N) is 1. The van der Waals surface area contributed by atoms with E-state index in [9.17, 15) is 9.59 Å². The zero-order chi connectivity index (χ0) is 29.4. The summed E-state index contributed by atoms with van der Waals surface area (Å²) in [5.41, 5.74) is 8.48. The molecule has 41 heavy (non-hydrogen) atoms. The lowest BCUT2D eigenvalue weighted by Gasteiger charge is -2.29. The number of methoxy groups -OCH3 is 1. The normalized spacial score (nSPS) is 17.2. The maximum atomic E-state index is 12.0. The third-order valence-corrected chi connectivity index (χ3v) is 7.07. The van der Waals surface area contributed by atoms with Crippen molar-refractivity contribution >= 4 is 11.9 Å². The third kappa shape index (κ3) is 8.57. The van der Waals surface area contributed by atoms with E-state index in [1.807, 2.05) is 80.1 Å². The van der Waals surface area contributed by atoms with E-state index in [1.54, 1.807) is 7.11 Å². The molecular weight excluding hydrogens is 522 g/mol. The molecule has 1 saturated carbocycles. The highest BCUT2D eigenvalue weighted by atomic mass is 16.6. The van der Waals surface area contributed by atoms with Gasteiger partial charge in [-0.1, -0.05) is 42.5 Å². The Labute approximate surface area is 241 Å². The van der Waals surface area contributed by atoms with Gasteiger partial charge in [-0.05, 0) is 76.0 Å². The van der Waals surface area contributed by atoms with E-state index < -0.39 is 11.5 Å². The van der Waals surface area contributed by atoms with Crippen LogP contribution in [0.15, 0.2) is 54.6 Å². The number of aromatic nitrogens is 2. The fourth-order valence-electron chi connectivity index (χ4n) is 5.25. The van der Waals surface area contributed by atoms with Crippen LogP contribution in [0.4, 0.5) is 0 Å². The highest BCUT2D eigenvalue weighted by Gasteiger charge is 2.27. The zero-order valence-corrected chi connectivity index (χ0v) is 24.4. The number of ether oxygens (including phenoxy) is 4. The number of carbonyl (C=O) groups excluding carboxylic acids is 2. The molecule has 1 aliphatic carbocycles. The minimum atomic E-state index is -0.565. The van der Waals surface area contributed by atoms with Crippen molar-refractivity contribution in [2.24, 2.45) is 17.6 Å². The lowest BCUT2D eigenvalue weighted by Crippen LogP contribution is -2.28. The summed E-state index contributed by atoms with van der Waals surface area (Å²) in [4.78, 5) is 23.6. The van der Waals surface area contributed by atoms with E-state index >= 15 is 0 Å². The van der Waals surface area contributed by atoms with Crippen LogP contribution in [0.5, 0.6) is 11.6 Å². The second-order valence-electron chi connectivity index (χ2n) is 11.6. The van der Waals surface area contributed by atoms with Crippen LogP contribution in [0, 0.1) is 11.8 Å². The number of carbonyl (C=O) groups is 2. The molecule has 0 unspecified atom stereocenters. The van der Waals surface area contributed by atoms with E-state index in [1.165, 1.54) is 0 Å². The van der Waals surface area contributed by atoms with Gasteiger partial charge in [0.1, 0.15) is 18.0 Å². The number of rotatable bonds is 12.